The van der Waals surface area contributed by atoms with Crippen LogP contribution in [0.2, 0.25) is 0 Å². The lowest BCUT2D eigenvalue weighted by Crippen LogP contribution is -2.09. The fraction of sp³-hybridized carbons (Fsp3) is 0. The SMILES string of the molecule is [B]c1cccc(Br)c1C=O. The van der Waals surface area contributed by atoms with Crippen LogP contribution in [-0.4, -0.2) is 14.1 Å². The Morgan fingerprint density at radius 2 is 2.20 bits per heavy atom. The number of carbonyl (C=O) groups excluding carboxylic acids is 1. The Morgan fingerprint density at radius 1 is 1.50 bits per heavy atom. The molecule has 1 aromatic carbocycles. The Bertz CT molecular complexity index is 240. The molecule has 0 bridgehead atoms. The molecule has 0 unspecified atom stereocenters. The van der Waals surface area contributed by atoms with Crippen LogP contribution in [0.1, 0.15) is 10.4 Å². The van der Waals surface area contributed by atoms with E-state index in [4.69, 9.17) is 7.85 Å². The van der Waals surface area contributed by atoms with Gasteiger partial charge in [-0.15, -0.1) is 0 Å². The van der Waals surface area contributed by atoms with Gasteiger partial charge in [0.25, 0.3) is 0 Å². The maximum Gasteiger partial charge on any atom is 0.150 e. The monoisotopic (exact) mass is 194 g/mol. The molecule has 0 spiro atoms. The number of hydrogen-bond donors (Lipinski definition) is 0. The van der Waals surface area contributed by atoms with Gasteiger partial charge in [-0.25, -0.2) is 0 Å². The summed E-state index contributed by atoms with van der Waals surface area (Å²) in [4.78, 5) is 10.3. The first-order valence-electron chi connectivity index (χ1n) is 2.75. The molecule has 0 atom stereocenters. The van der Waals surface area contributed by atoms with E-state index in [0.717, 1.165) is 10.8 Å². The highest BCUT2D eigenvalue weighted by molar-refractivity contribution is 9.10. The van der Waals surface area contributed by atoms with Crippen molar-refractivity contribution in [3.8, 4) is 0 Å². The first kappa shape index (κ1) is 7.54. The molecule has 0 amide bonds. The lowest BCUT2D eigenvalue weighted by molar-refractivity contribution is 0.112. The smallest absolute Gasteiger partial charge is 0.150 e. The molecule has 0 aliphatic carbocycles. The Morgan fingerprint density at radius 3 is 2.60 bits per heavy atom. The fourth-order valence-electron chi connectivity index (χ4n) is 0.678. The maximum atomic E-state index is 10.3. The normalized spacial score (nSPS) is 9.30. The van der Waals surface area contributed by atoms with E-state index in [1.165, 1.54) is 0 Å². The second-order valence-electron chi connectivity index (χ2n) is 1.86. The molecule has 1 rings (SSSR count). The highest BCUT2D eigenvalue weighted by atomic mass is 79.9. The highest BCUT2D eigenvalue weighted by Crippen LogP contribution is 2.10. The zero-order chi connectivity index (χ0) is 7.56. The van der Waals surface area contributed by atoms with E-state index in [0.29, 0.717) is 11.0 Å². The van der Waals surface area contributed by atoms with Crippen molar-refractivity contribution in [2.24, 2.45) is 0 Å². The van der Waals surface area contributed by atoms with E-state index >= 15 is 0 Å². The zero-order valence-electron chi connectivity index (χ0n) is 5.17. The van der Waals surface area contributed by atoms with Crippen LogP contribution in [0.3, 0.4) is 0 Å². The van der Waals surface area contributed by atoms with Crippen LogP contribution in [0.4, 0.5) is 0 Å². The van der Waals surface area contributed by atoms with Crippen molar-refractivity contribution in [3.05, 3.63) is 28.2 Å². The van der Waals surface area contributed by atoms with Crippen molar-refractivity contribution < 1.29 is 4.79 Å². The van der Waals surface area contributed by atoms with Gasteiger partial charge in [0.05, 0.1) is 0 Å². The summed E-state index contributed by atoms with van der Waals surface area (Å²) in [5, 5.41) is 0. The third kappa shape index (κ3) is 1.29. The number of hydrogen-bond acceptors (Lipinski definition) is 1. The molecule has 0 aliphatic heterocycles. The topological polar surface area (TPSA) is 17.1 Å². The first-order valence-corrected chi connectivity index (χ1v) is 3.54. The molecule has 10 heavy (non-hydrogen) atoms. The molecular weight excluding hydrogens is 191 g/mol. The van der Waals surface area contributed by atoms with Gasteiger partial charge in [-0.05, 0) is 6.07 Å². The maximum absolute atomic E-state index is 10.3. The van der Waals surface area contributed by atoms with Gasteiger partial charge >= 0.3 is 0 Å². The molecule has 1 aromatic rings. The van der Waals surface area contributed by atoms with Gasteiger partial charge in [0, 0.05) is 10.0 Å². The van der Waals surface area contributed by atoms with E-state index in [1.807, 2.05) is 0 Å². The van der Waals surface area contributed by atoms with Gasteiger partial charge in [-0.1, -0.05) is 33.5 Å². The van der Waals surface area contributed by atoms with Crippen molar-refractivity contribution in [2.45, 2.75) is 0 Å². The minimum atomic E-state index is 0.504. The largest absolute Gasteiger partial charge is 0.298 e. The van der Waals surface area contributed by atoms with Gasteiger partial charge in [0.15, 0.2) is 6.29 Å². The van der Waals surface area contributed by atoms with E-state index in [-0.39, 0.29) is 0 Å². The highest BCUT2D eigenvalue weighted by Gasteiger charge is 1.98. The van der Waals surface area contributed by atoms with Crippen molar-refractivity contribution in [2.75, 3.05) is 0 Å². The molecular formula is C7H4BBrO. The summed E-state index contributed by atoms with van der Waals surface area (Å²) < 4.78 is 0.738. The fourth-order valence-corrected chi connectivity index (χ4v) is 1.15. The molecule has 0 aliphatic rings. The van der Waals surface area contributed by atoms with Crippen LogP contribution < -0.4 is 5.46 Å². The predicted octanol–water partition coefficient (Wildman–Crippen LogP) is 1.06. The Hall–Kier alpha value is -0.565. The van der Waals surface area contributed by atoms with Crippen LogP contribution in [-0.2, 0) is 0 Å². The summed E-state index contributed by atoms with van der Waals surface area (Å²) in [5.74, 6) is 0. The average Bonchev–Trinajstić information content (AvgIpc) is 1.88. The predicted molar refractivity (Wildman–Crippen MR) is 44.9 cm³/mol. The standard InChI is InChI=1S/C7H4BBrO/c8-6-2-1-3-7(9)5(6)4-10/h1-4H. The molecule has 0 heterocycles. The van der Waals surface area contributed by atoms with E-state index in [9.17, 15) is 4.79 Å². The van der Waals surface area contributed by atoms with Crippen LogP contribution in [0.25, 0.3) is 0 Å². The lowest BCUT2D eigenvalue weighted by atomic mass is 9.91. The molecule has 0 aromatic heterocycles. The first-order chi connectivity index (χ1) is 4.75. The van der Waals surface area contributed by atoms with Crippen molar-refractivity contribution >= 4 is 35.5 Å². The van der Waals surface area contributed by atoms with Crippen LogP contribution in [0.15, 0.2) is 22.7 Å². The molecule has 0 N–H and O–H groups in total. The molecule has 48 valence electrons. The Labute approximate surface area is 69.0 Å². The van der Waals surface area contributed by atoms with Gasteiger partial charge in [0.1, 0.15) is 7.85 Å². The molecule has 2 radical (unpaired) electrons. The third-order valence-corrected chi connectivity index (χ3v) is 1.90. The summed E-state index contributed by atoms with van der Waals surface area (Å²) in [6, 6.07) is 5.25. The van der Waals surface area contributed by atoms with Crippen molar-refractivity contribution in [1.82, 2.24) is 0 Å². The lowest BCUT2D eigenvalue weighted by Gasteiger charge is -1.98. The van der Waals surface area contributed by atoms with Gasteiger partial charge < -0.3 is 0 Å². The van der Waals surface area contributed by atoms with Crippen molar-refractivity contribution in [1.29, 1.82) is 0 Å². The Balaban J connectivity index is 3.30. The second kappa shape index (κ2) is 3.02. The summed E-state index contributed by atoms with van der Waals surface area (Å²) >= 11 is 3.20. The number of halogens is 1. The van der Waals surface area contributed by atoms with Crippen LogP contribution >= 0.6 is 15.9 Å². The van der Waals surface area contributed by atoms with E-state index < -0.39 is 0 Å². The molecule has 0 fully saturated rings. The minimum Gasteiger partial charge on any atom is -0.298 e. The molecule has 1 nitrogen and oxygen atoms in total. The van der Waals surface area contributed by atoms with Crippen molar-refractivity contribution in [3.63, 3.8) is 0 Å². The van der Waals surface area contributed by atoms with E-state index in [1.54, 1.807) is 18.2 Å². The number of carbonyl (C=O) groups is 1. The average molecular weight is 195 g/mol. The summed E-state index contributed by atoms with van der Waals surface area (Å²) in [5.41, 5.74) is 1.02. The third-order valence-electron chi connectivity index (χ3n) is 1.20. The number of rotatable bonds is 1. The van der Waals surface area contributed by atoms with Gasteiger partial charge in [-0.2, -0.15) is 0 Å². The second-order valence-corrected chi connectivity index (χ2v) is 2.71. The minimum absolute atomic E-state index is 0.504. The molecule has 0 saturated carbocycles. The van der Waals surface area contributed by atoms with Gasteiger partial charge in [-0.3, -0.25) is 4.79 Å². The Kier molecular flexibility index (Phi) is 2.27. The van der Waals surface area contributed by atoms with Gasteiger partial charge in [0.2, 0.25) is 0 Å². The van der Waals surface area contributed by atoms with E-state index in [2.05, 4.69) is 15.9 Å². The molecule has 3 heteroatoms. The van der Waals surface area contributed by atoms with Crippen LogP contribution in [0, 0.1) is 0 Å². The summed E-state index contributed by atoms with van der Waals surface area (Å²) in [7, 11) is 5.47. The quantitative estimate of drug-likeness (QED) is 0.483. The van der Waals surface area contributed by atoms with Crippen LogP contribution in [0.5, 0.6) is 0 Å². The number of aldehydes is 1. The summed E-state index contributed by atoms with van der Waals surface area (Å²) in [6.45, 7) is 0. The number of benzene rings is 1. The zero-order valence-corrected chi connectivity index (χ0v) is 6.76. The molecule has 0 saturated heterocycles. The summed E-state index contributed by atoms with van der Waals surface area (Å²) in [6.07, 6.45) is 0.736.